The Morgan fingerprint density at radius 2 is 1.77 bits per heavy atom. The van der Waals surface area contributed by atoms with Crippen LogP contribution in [0, 0.1) is 5.82 Å². The number of phenols is 1. The van der Waals surface area contributed by atoms with Gasteiger partial charge in [0.15, 0.2) is 5.58 Å². The van der Waals surface area contributed by atoms with Gasteiger partial charge in [0.1, 0.15) is 17.4 Å². The number of hydrogen-bond acceptors (Lipinski definition) is 6. The number of anilines is 1. The van der Waals surface area contributed by atoms with Gasteiger partial charge < -0.3 is 14.5 Å². The molecular formula is C24H23FN4O2. The van der Waals surface area contributed by atoms with Crippen LogP contribution in [0.2, 0.25) is 0 Å². The number of halogens is 1. The van der Waals surface area contributed by atoms with Gasteiger partial charge in [0.05, 0.1) is 11.3 Å². The molecule has 0 atom stereocenters. The Balaban J connectivity index is 1.34. The lowest BCUT2D eigenvalue weighted by atomic mass is 10.0. The Kier molecular flexibility index (Phi) is 5.26. The van der Waals surface area contributed by atoms with Crippen molar-refractivity contribution in [1.82, 2.24) is 15.0 Å². The van der Waals surface area contributed by atoms with E-state index in [0.717, 1.165) is 42.9 Å². The second-order valence-corrected chi connectivity index (χ2v) is 7.79. The lowest BCUT2D eigenvalue weighted by Gasteiger charge is -2.35. The smallest absolute Gasteiger partial charge is 0.175 e. The molecule has 6 nitrogen and oxygen atoms in total. The molecule has 158 valence electrons. The van der Waals surface area contributed by atoms with E-state index in [-0.39, 0.29) is 11.6 Å². The van der Waals surface area contributed by atoms with Crippen molar-refractivity contribution in [2.24, 2.45) is 0 Å². The van der Waals surface area contributed by atoms with E-state index in [1.807, 2.05) is 30.5 Å². The topological polar surface area (TPSA) is 65.6 Å². The number of piperazine rings is 1. The van der Waals surface area contributed by atoms with Crippen LogP contribution in [-0.2, 0) is 13.0 Å². The van der Waals surface area contributed by atoms with Crippen molar-refractivity contribution in [3.63, 3.8) is 0 Å². The second-order valence-electron chi connectivity index (χ2n) is 7.79. The Morgan fingerprint density at radius 1 is 0.968 bits per heavy atom. The van der Waals surface area contributed by atoms with Crippen LogP contribution in [0.1, 0.15) is 16.8 Å². The van der Waals surface area contributed by atoms with Gasteiger partial charge in [-0.1, -0.05) is 29.4 Å². The predicted octanol–water partition coefficient (Wildman–Crippen LogP) is 3.98. The molecule has 2 aromatic carbocycles. The molecule has 0 radical (unpaired) electrons. The highest BCUT2D eigenvalue weighted by molar-refractivity contribution is 5.84. The third-order valence-corrected chi connectivity index (χ3v) is 5.84. The minimum atomic E-state index is -0.261. The number of aromatic nitrogens is 2. The van der Waals surface area contributed by atoms with Crippen molar-refractivity contribution < 1.29 is 14.0 Å². The summed E-state index contributed by atoms with van der Waals surface area (Å²) < 4.78 is 19.7. The van der Waals surface area contributed by atoms with E-state index in [9.17, 15) is 9.50 Å². The SMILES string of the molecule is Oc1ccc2c(Cc3ccccc3F)noc2c1CN1CCN(c2ccccn2)CC1. The number of benzene rings is 2. The average Bonchev–Trinajstić information content (AvgIpc) is 3.21. The molecule has 0 amide bonds. The number of aromatic hydroxyl groups is 1. The van der Waals surface area contributed by atoms with Crippen molar-refractivity contribution in [1.29, 1.82) is 0 Å². The third-order valence-electron chi connectivity index (χ3n) is 5.84. The molecule has 1 aliphatic heterocycles. The zero-order chi connectivity index (χ0) is 21.2. The van der Waals surface area contributed by atoms with Gasteiger partial charge in [0.25, 0.3) is 0 Å². The predicted molar refractivity (Wildman–Crippen MR) is 117 cm³/mol. The van der Waals surface area contributed by atoms with Crippen molar-refractivity contribution in [3.05, 3.63) is 83.4 Å². The molecular weight excluding hydrogens is 395 g/mol. The molecule has 5 rings (SSSR count). The average molecular weight is 418 g/mol. The number of rotatable bonds is 5. The zero-order valence-corrected chi connectivity index (χ0v) is 17.0. The van der Waals surface area contributed by atoms with E-state index in [2.05, 4.69) is 19.9 Å². The van der Waals surface area contributed by atoms with E-state index in [1.165, 1.54) is 6.07 Å². The summed E-state index contributed by atoms with van der Waals surface area (Å²) in [7, 11) is 0. The molecule has 1 aliphatic rings. The van der Waals surface area contributed by atoms with Crippen molar-refractivity contribution in [2.75, 3.05) is 31.1 Å². The summed E-state index contributed by atoms with van der Waals surface area (Å²) in [6.45, 7) is 3.99. The van der Waals surface area contributed by atoms with Gasteiger partial charge in [-0.25, -0.2) is 9.37 Å². The first-order valence-electron chi connectivity index (χ1n) is 10.4. The van der Waals surface area contributed by atoms with Gasteiger partial charge >= 0.3 is 0 Å². The normalized spacial score (nSPS) is 14.9. The van der Waals surface area contributed by atoms with Crippen LogP contribution >= 0.6 is 0 Å². The first kappa shape index (κ1) is 19.5. The maximum atomic E-state index is 14.1. The molecule has 3 heterocycles. The first-order chi connectivity index (χ1) is 15.2. The molecule has 0 unspecified atom stereocenters. The first-order valence-corrected chi connectivity index (χ1v) is 10.4. The van der Waals surface area contributed by atoms with E-state index in [1.54, 1.807) is 24.3 Å². The quantitative estimate of drug-likeness (QED) is 0.529. The maximum absolute atomic E-state index is 14.1. The number of nitrogens with zero attached hydrogens (tertiary/aromatic N) is 4. The van der Waals surface area contributed by atoms with Crippen LogP contribution in [-0.4, -0.2) is 46.3 Å². The van der Waals surface area contributed by atoms with Crippen molar-refractivity contribution >= 4 is 16.8 Å². The Labute approximate surface area is 179 Å². The zero-order valence-electron chi connectivity index (χ0n) is 17.0. The van der Waals surface area contributed by atoms with Crippen LogP contribution in [0.4, 0.5) is 10.2 Å². The van der Waals surface area contributed by atoms with Crippen LogP contribution in [0.5, 0.6) is 5.75 Å². The standard InChI is InChI=1S/C24H23FN4O2/c25-20-6-2-1-5-17(20)15-21-18-8-9-22(30)19(24(18)31-27-21)16-28-11-13-29(14-12-28)23-7-3-4-10-26-23/h1-10,30H,11-16H2. The van der Waals surface area contributed by atoms with Gasteiger partial charge in [-0.2, -0.15) is 0 Å². The van der Waals surface area contributed by atoms with Crippen LogP contribution in [0.15, 0.2) is 65.3 Å². The summed E-state index contributed by atoms with van der Waals surface area (Å²) >= 11 is 0. The summed E-state index contributed by atoms with van der Waals surface area (Å²) in [4.78, 5) is 8.97. The van der Waals surface area contributed by atoms with Crippen molar-refractivity contribution in [2.45, 2.75) is 13.0 Å². The molecule has 0 aliphatic carbocycles. The van der Waals surface area contributed by atoms with Crippen LogP contribution < -0.4 is 4.90 Å². The molecule has 2 aromatic heterocycles. The summed E-state index contributed by atoms with van der Waals surface area (Å²) in [6.07, 6.45) is 2.15. The van der Waals surface area contributed by atoms with Gasteiger partial charge in [-0.15, -0.1) is 0 Å². The Bertz CT molecular complexity index is 1190. The van der Waals surface area contributed by atoms with Crippen LogP contribution in [0.25, 0.3) is 11.0 Å². The minimum absolute atomic E-state index is 0.188. The van der Waals surface area contributed by atoms with Crippen LogP contribution in [0.3, 0.4) is 0 Å². The monoisotopic (exact) mass is 418 g/mol. The van der Waals surface area contributed by atoms with Gasteiger partial charge in [0.2, 0.25) is 0 Å². The highest BCUT2D eigenvalue weighted by Gasteiger charge is 2.22. The fraction of sp³-hybridized carbons (Fsp3) is 0.250. The van der Waals surface area contributed by atoms with Crippen molar-refractivity contribution in [3.8, 4) is 5.75 Å². The molecule has 4 aromatic rings. The highest BCUT2D eigenvalue weighted by Crippen LogP contribution is 2.32. The van der Waals surface area contributed by atoms with Gasteiger partial charge in [0, 0.05) is 50.7 Å². The minimum Gasteiger partial charge on any atom is -0.507 e. The summed E-state index contributed by atoms with van der Waals surface area (Å²) in [5, 5.41) is 15.5. The van der Waals surface area contributed by atoms with E-state index in [0.29, 0.717) is 29.8 Å². The Morgan fingerprint density at radius 3 is 2.55 bits per heavy atom. The molecule has 1 saturated heterocycles. The number of phenolic OH excluding ortho intramolecular Hbond substituents is 1. The molecule has 1 N–H and O–H groups in total. The molecule has 31 heavy (non-hydrogen) atoms. The lowest BCUT2D eigenvalue weighted by Crippen LogP contribution is -2.46. The Hall–Kier alpha value is -3.45. The highest BCUT2D eigenvalue weighted by atomic mass is 19.1. The molecule has 0 saturated carbocycles. The summed E-state index contributed by atoms with van der Waals surface area (Å²) in [5.41, 5.74) is 2.52. The summed E-state index contributed by atoms with van der Waals surface area (Å²) in [6, 6.07) is 16.1. The van der Waals surface area contributed by atoms with Gasteiger partial charge in [-0.3, -0.25) is 4.90 Å². The molecule has 1 fully saturated rings. The molecule has 7 heteroatoms. The van der Waals surface area contributed by atoms with E-state index >= 15 is 0 Å². The van der Waals surface area contributed by atoms with E-state index in [4.69, 9.17) is 4.52 Å². The summed E-state index contributed by atoms with van der Waals surface area (Å²) in [5.74, 6) is 0.914. The molecule has 0 spiro atoms. The van der Waals surface area contributed by atoms with E-state index < -0.39 is 0 Å². The lowest BCUT2D eigenvalue weighted by molar-refractivity contribution is 0.245. The molecule has 0 bridgehead atoms. The number of pyridine rings is 1. The number of fused-ring (bicyclic) bond motifs is 1. The largest absolute Gasteiger partial charge is 0.507 e. The number of hydrogen-bond donors (Lipinski definition) is 1. The second kappa shape index (κ2) is 8.35. The fourth-order valence-electron chi connectivity index (χ4n) is 4.10. The fourth-order valence-corrected chi connectivity index (χ4v) is 4.10. The third kappa shape index (κ3) is 3.96. The maximum Gasteiger partial charge on any atom is 0.175 e. The van der Waals surface area contributed by atoms with Gasteiger partial charge in [-0.05, 0) is 35.9 Å².